The Labute approximate surface area is 180 Å². The molecule has 2 aliphatic heterocycles. The number of aryl methyl sites for hydroxylation is 1. The Morgan fingerprint density at radius 3 is 2.77 bits per heavy atom. The summed E-state index contributed by atoms with van der Waals surface area (Å²) in [5.74, 6) is -0.0686. The van der Waals surface area contributed by atoms with Crippen molar-refractivity contribution in [3.05, 3.63) is 52.0 Å². The normalized spacial score (nSPS) is 19.1. The molecule has 0 radical (unpaired) electrons. The van der Waals surface area contributed by atoms with Gasteiger partial charge in [-0.05, 0) is 54.8 Å². The van der Waals surface area contributed by atoms with E-state index in [1.165, 1.54) is 0 Å². The number of benzene rings is 1. The van der Waals surface area contributed by atoms with Crippen LogP contribution in [0.4, 0.5) is 0 Å². The summed E-state index contributed by atoms with van der Waals surface area (Å²) in [7, 11) is 0. The molecule has 0 aliphatic carbocycles. The monoisotopic (exact) mass is 418 g/mol. The van der Waals surface area contributed by atoms with E-state index in [-0.39, 0.29) is 18.3 Å². The fraction of sp³-hybridized carbons (Fsp3) is 0.375. The summed E-state index contributed by atoms with van der Waals surface area (Å²) in [5, 5.41) is 23.2. The summed E-state index contributed by atoms with van der Waals surface area (Å²) >= 11 is 0. The summed E-state index contributed by atoms with van der Waals surface area (Å²) < 4.78 is 7.48. The summed E-state index contributed by atoms with van der Waals surface area (Å²) in [6, 6.07) is 7.28. The van der Waals surface area contributed by atoms with Crippen LogP contribution < -0.4 is 10.8 Å². The standard InChI is InChI=1S/C24H26N4O3/c1-4-14-15-9-13(29)7-8-19(15)27-21-16(14)11-28-20(21)10-18-17(22(28)25)12-31-23(30)24(18,5-2)26-6-3/h7-10,25-26,29H,4-6,11-12H2,1-3H3/t24-/m0/s1. The maximum atomic E-state index is 12.9. The predicted octanol–water partition coefficient (Wildman–Crippen LogP) is 3.08. The lowest BCUT2D eigenvalue weighted by atomic mass is 9.82. The van der Waals surface area contributed by atoms with Crippen LogP contribution in [0.15, 0.2) is 24.3 Å². The summed E-state index contributed by atoms with van der Waals surface area (Å²) in [4.78, 5) is 17.8. The quantitative estimate of drug-likeness (QED) is 0.442. The number of phenolic OH excluding ortho intramolecular Hbond substituents is 1. The molecule has 0 fully saturated rings. The van der Waals surface area contributed by atoms with Crippen LogP contribution in [-0.4, -0.2) is 27.2 Å². The third-order valence-corrected chi connectivity index (χ3v) is 6.72. The molecular formula is C24H26N4O3. The summed E-state index contributed by atoms with van der Waals surface area (Å²) in [6.07, 6.45) is 1.33. The van der Waals surface area contributed by atoms with Crippen molar-refractivity contribution in [2.45, 2.75) is 52.3 Å². The highest BCUT2D eigenvalue weighted by atomic mass is 16.5. The number of hydrogen-bond acceptors (Lipinski definition) is 6. The minimum atomic E-state index is -0.952. The van der Waals surface area contributed by atoms with Gasteiger partial charge in [0.1, 0.15) is 23.4 Å². The third-order valence-electron chi connectivity index (χ3n) is 6.72. The van der Waals surface area contributed by atoms with Crippen molar-refractivity contribution in [1.29, 1.82) is 5.41 Å². The van der Waals surface area contributed by atoms with E-state index in [0.29, 0.717) is 25.0 Å². The molecule has 7 heteroatoms. The van der Waals surface area contributed by atoms with Crippen LogP contribution in [0.2, 0.25) is 0 Å². The largest absolute Gasteiger partial charge is 0.508 e. The van der Waals surface area contributed by atoms with Gasteiger partial charge < -0.3 is 14.4 Å². The van der Waals surface area contributed by atoms with Gasteiger partial charge in [0, 0.05) is 16.5 Å². The zero-order chi connectivity index (χ0) is 21.9. The highest BCUT2D eigenvalue weighted by Gasteiger charge is 2.45. The van der Waals surface area contributed by atoms with Crippen molar-refractivity contribution in [3.63, 3.8) is 0 Å². The van der Waals surface area contributed by atoms with Crippen LogP contribution in [-0.2, 0) is 34.6 Å². The van der Waals surface area contributed by atoms with E-state index in [9.17, 15) is 9.90 Å². The summed E-state index contributed by atoms with van der Waals surface area (Å²) in [6.45, 7) is 7.30. The first-order valence-corrected chi connectivity index (χ1v) is 10.8. The van der Waals surface area contributed by atoms with E-state index in [1.807, 2.05) is 30.5 Å². The maximum Gasteiger partial charge on any atom is 0.331 e. The van der Waals surface area contributed by atoms with Gasteiger partial charge in [-0.3, -0.25) is 10.7 Å². The molecule has 2 aromatic heterocycles. The van der Waals surface area contributed by atoms with Crippen LogP contribution in [0, 0.1) is 5.41 Å². The molecule has 4 heterocycles. The van der Waals surface area contributed by atoms with Gasteiger partial charge >= 0.3 is 5.97 Å². The topological polar surface area (TPSA) is 100 Å². The van der Waals surface area contributed by atoms with Crippen LogP contribution in [0.25, 0.3) is 22.3 Å². The number of aromatic nitrogens is 2. The number of nitrogens with one attached hydrogen (secondary N) is 2. The zero-order valence-electron chi connectivity index (χ0n) is 18.0. The smallest absolute Gasteiger partial charge is 0.331 e. The number of fused-ring (bicyclic) bond motifs is 5. The molecule has 5 rings (SSSR count). The Morgan fingerprint density at radius 1 is 1.26 bits per heavy atom. The minimum absolute atomic E-state index is 0.112. The lowest BCUT2D eigenvalue weighted by Gasteiger charge is -2.37. The van der Waals surface area contributed by atoms with E-state index in [0.717, 1.165) is 51.0 Å². The third kappa shape index (κ3) is 2.59. The van der Waals surface area contributed by atoms with Gasteiger partial charge in [-0.25, -0.2) is 9.78 Å². The SMILES string of the molecule is CCN[C@]1(CC)C(=O)OCc2c1cc1n(c2=N)Cc2c-1nc1ccc(O)cc1c2CC. The number of esters is 1. The highest BCUT2D eigenvalue weighted by molar-refractivity contribution is 5.90. The van der Waals surface area contributed by atoms with Crippen LogP contribution >= 0.6 is 0 Å². The molecule has 31 heavy (non-hydrogen) atoms. The number of carbonyl (C=O) groups excluding carboxylic acids is 1. The Morgan fingerprint density at radius 2 is 2.06 bits per heavy atom. The summed E-state index contributed by atoms with van der Waals surface area (Å²) in [5.41, 5.74) is 5.73. The first-order valence-electron chi connectivity index (χ1n) is 10.8. The van der Waals surface area contributed by atoms with Crippen molar-refractivity contribution in [2.24, 2.45) is 0 Å². The van der Waals surface area contributed by atoms with Gasteiger partial charge in [-0.1, -0.05) is 20.8 Å². The van der Waals surface area contributed by atoms with Gasteiger partial charge in [0.05, 0.1) is 23.4 Å². The fourth-order valence-electron chi connectivity index (χ4n) is 5.20. The van der Waals surface area contributed by atoms with Gasteiger partial charge in [0.2, 0.25) is 0 Å². The number of rotatable bonds is 4. The van der Waals surface area contributed by atoms with Crippen molar-refractivity contribution in [2.75, 3.05) is 6.54 Å². The number of aromatic hydroxyl groups is 1. The molecule has 160 valence electrons. The molecule has 1 atom stereocenters. The first-order chi connectivity index (χ1) is 14.9. The molecule has 0 bridgehead atoms. The lowest BCUT2D eigenvalue weighted by molar-refractivity contribution is -0.156. The molecule has 0 saturated carbocycles. The molecular weight excluding hydrogens is 392 g/mol. The van der Waals surface area contributed by atoms with Gasteiger partial charge in [-0.15, -0.1) is 0 Å². The molecule has 0 saturated heterocycles. The van der Waals surface area contributed by atoms with Crippen LogP contribution in [0.3, 0.4) is 0 Å². The number of cyclic esters (lactones) is 1. The van der Waals surface area contributed by atoms with E-state index in [1.54, 1.807) is 12.1 Å². The number of carbonyl (C=O) groups is 1. The Hall–Kier alpha value is -3.19. The van der Waals surface area contributed by atoms with Crippen molar-refractivity contribution >= 4 is 16.9 Å². The molecule has 0 spiro atoms. The zero-order valence-corrected chi connectivity index (χ0v) is 18.0. The van der Waals surface area contributed by atoms with Crippen LogP contribution in [0.1, 0.15) is 49.4 Å². The average Bonchev–Trinajstić information content (AvgIpc) is 3.13. The molecule has 2 aliphatic rings. The van der Waals surface area contributed by atoms with E-state index < -0.39 is 5.54 Å². The number of pyridine rings is 2. The number of likely N-dealkylation sites (N-methyl/N-ethyl adjacent to an activating group) is 1. The molecule has 0 unspecified atom stereocenters. The van der Waals surface area contributed by atoms with Crippen molar-refractivity contribution in [3.8, 4) is 17.1 Å². The van der Waals surface area contributed by atoms with E-state index >= 15 is 0 Å². The number of ether oxygens (including phenoxy) is 1. The second kappa shape index (κ2) is 6.92. The number of nitrogens with zero attached hydrogens (tertiary/aromatic N) is 2. The second-order valence-corrected chi connectivity index (χ2v) is 8.19. The van der Waals surface area contributed by atoms with E-state index in [2.05, 4.69) is 12.2 Å². The van der Waals surface area contributed by atoms with Crippen molar-refractivity contribution < 1.29 is 14.6 Å². The van der Waals surface area contributed by atoms with Gasteiger partial charge in [-0.2, -0.15) is 0 Å². The molecule has 7 nitrogen and oxygen atoms in total. The number of hydrogen-bond donors (Lipinski definition) is 3. The predicted molar refractivity (Wildman–Crippen MR) is 117 cm³/mol. The highest BCUT2D eigenvalue weighted by Crippen LogP contribution is 2.40. The Balaban J connectivity index is 1.82. The maximum absolute atomic E-state index is 12.9. The lowest BCUT2D eigenvalue weighted by Crippen LogP contribution is -2.53. The molecule has 3 aromatic rings. The van der Waals surface area contributed by atoms with Gasteiger partial charge in [0.15, 0.2) is 0 Å². The molecule has 0 amide bonds. The Bertz CT molecular complexity index is 1310. The van der Waals surface area contributed by atoms with Crippen molar-refractivity contribution in [1.82, 2.24) is 14.9 Å². The van der Waals surface area contributed by atoms with Gasteiger partial charge in [0.25, 0.3) is 0 Å². The van der Waals surface area contributed by atoms with E-state index in [4.69, 9.17) is 15.1 Å². The second-order valence-electron chi connectivity index (χ2n) is 8.19. The molecule has 3 N–H and O–H groups in total. The first kappa shape index (κ1) is 19.8. The number of phenols is 1. The Kier molecular flexibility index (Phi) is 4.41. The fourth-order valence-corrected chi connectivity index (χ4v) is 5.20. The molecule has 1 aromatic carbocycles. The minimum Gasteiger partial charge on any atom is -0.508 e. The van der Waals surface area contributed by atoms with Crippen LogP contribution in [0.5, 0.6) is 5.75 Å². The average molecular weight is 418 g/mol.